The van der Waals surface area contributed by atoms with Crippen molar-refractivity contribution in [1.82, 2.24) is 0 Å². The average Bonchev–Trinajstić information content (AvgIpc) is 2.33. The summed E-state index contributed by atoms with van der Waals surface area (Å²) in [5.41, 5.74) is -0.380. The highest BCUT2D eigenvalue weighted by Crippen LogP contribution is 2.30. The zero-order chi connectivity index (χ0) is 12.4. The number of aromatic carboxylic acids is 1. The zero-order valence-corrected chi connectivity index (χ0v) is 9.08. The minimum Gasteiger partial charge on any atom is -0.478 e. The van der Waals surface area contributed by atoms with Crippen LogP contribution in [0.15, 0.2) is 12.1 Å². The minimum atomic E-state index is -1.46. The number of hydrogen-bond acceptors (Lipinski definition) is 2. The summed E-state index contributed by atoms with van der Waals surface area (Å²) in [5, 5.41) is 8.66. The molecule has 0 saturated carbocycles. The van der Waals surface area contributed by atoms with E-state index in [1.807, 2.05) is 0 Å². The Morgan fingerprint density at radius 3 is 2.47 bits per heavy atom. The molecular formula is C12H12F2O3. The molecule has 1 aromatic rings. The molecule has 0 aliphatic carbocycles. The number of carboxylic acids is 1. The van der Waals surface area contributed by atoms with Gasteiger partial charge in [0.2, 0.25) is 0 Å². The third-order valence-corrected chi connectivity index (χ3v) is 3.00. The summed E-state index contributed by atoms with van der Waals surface area (Å²) in [4.78, 5) is 10.6. The van der Waals surface area contributed by atoms with Crippen LogP contribution in [0.25, 0.3) is 0 Å². The Hall–Kier alpha value is -1.49. The first-order valence-corrected chi connectivity index (χ1v) is 5.40. The molecule has 0 amide bonds. The first kappa shape index (κ1) is 12.0. The predicted octanol–water partition coefficient (Wildman–Crippen LogP) is 2.56. The monoisotopic (exact) mass is 242 g/mol. The summed E-state index contributed by atoms with van der Waals surface area (Å²) in [5.74, 6) is -3.88. The molecule has 3 nitrogen and oxygen atoms in total. The third kappa shape index (κ3) is 2.29. The molecule has 1 saturated heterocycles. The molecule has 1 heterocycles. The molecule has 1 aliphatic heterocycles. The van der Waals surface area contributed by atoms with Gasteiger partial charge in [0.05, 0.1) is 5.56 Å². The molecule has 1 aromatic carbocycles. The minimum absolute atomic E-state index is 0.0962. The lowest BCUT2D eigenvalue weighted by Crippen LogP contribution is -2.16. The summed E-state index contributed by atoms with van der Waals surface area (Å²) in [6.45, 7) is 1.04. The fourth-order valence-corrected chi connectivity index (χ4v) is 2.05. The molecular weight excluding hydrogens is 230 g/mol. The molecule has 1 fully saturated rings. The smallest absolute Gasteiger partial charge is 0.338 e. The van der Waals surface area contributed by atoms with Gasteiger partial charge in [-0.05, 0) is 30.4 Å². The number of benzene rings is 1. The van der Waals surface area contributed by atoms with E-state index >= 15 is 0 Å². The SMILES string of the molecule is O=C(O)c1ccc(C2CCOCC2)c(F)c1F. The van der Waals surface area contributed by atoms with Crippen LogP contribution >= 0.6 is 0 Å². The second kappa shape index (κ2) is 4.79. The number of carboxylic acid groups (broad SMARTS) is 1. The van der Waals surface area contributed by atoms with Crippen molar-refractivity contribution in [3.05, 3.63) is 34.9 Å². The second-order valence-corrected chi connectivity index (χ2v) is 4.02. The number of hydrogen-bond donors (Lipinski definition) is 1. The van der Waals surface area contributed by atoms with Crippen molar-refractivity contribution in [3.8, 4) is 0 Å². The van der Waals surface area contributed by atoms with Crippen LogP contribution in [-0.4, -0.2) is 24.3 Å². The topological polar surface area (TPSA) is 46.5 Å². The van der Waals surface area contributed by atoms with Crippen molar-refractivity contribution >= 4 is 5.97 Å². The predicted molar refractivity (Wildman–Crippen MR) is 56.1 cm³/mol. The van der Waals surface area contributed by atoms with Gasteiger partial charge in [-0.3, -0.25) is 0 Å². The van der Waals surface area contributed by atoms with Crippen molar-refractivity contribution in [2.75, 3.05) is 13.2 Å². The Bertz CT molecular complexity index is 440. The molecule has 1 N–H and O–H groups in total. The second-order valence-electron chi connectivity index (χ2n) is 4.02. The van der Waals surface area contributed by atoms with E-state index in [4.69, 9.17) is 9.84 Å². The van der Waals surface area contributed by atoms with Crippen molar-refractivity contribution < 1.29 is 23.4 Å². The Morgan fingerprint density at radius 2 is 1.88 bits per heavy atom. The van der Waals surface area contributed by atoms with Gasteiger partial charge in [0.1, 0.15) is 0 Å². The van der Waals surface area contributed by atoms with Gasteiger partial charge in [0.25, 0.3) is 0 Å². The summed E-state index contributed by atoms with van der Waals surface area (Å²) >= 11 is 0. The average molecular weight is 242 g/mol. The maximum absolute atomic E-state index is 13.7. The summed E-state index contributed by atoms with van der Waals surface area (Å²) in [7, 11) is 0. The van der Waals surface area contributed by atoms with E-state index in [1.54, 1.807) is 0 Å². The lowest BCUT2D eigenvalue weighted by molar-refractivity contribution is 0.0689. The summed E-state index contributed by atoms with van der Waals surface area (Å²) < 4.78 is 32.4. The summed E-state index contributed by atoms with van der Waals surface area (Å²) in [6.07, 6.45) is 1.26. The number of halogens is 2. The Morgan fingerprint density at radius 1 is 1.24 bits per heavy atom. The van der Waals surface area contributed by atoms with Gasteiger partial charge in [-0.2, -0.15) is 0 Å². The fraction of sp³-hybridized carbons (Fsp3) is 0.417. The molecule has 17 heavy (non-hydrogen) atoms. The van der Waals surface area contributed by atoms with E-state index in [2.05, 4.69) is 0 Å². The van der Waals surface area contributed by atoms with Crippen LogP contribution < -0.4 is 0 Å². The van der Waals surface area contributed by atoms with Gasteiger partial charge < -0.3 is 9.84 Å². The number of rotatable bonds is 2. The highest BCUT2D eigenvalue weighted by Gasteiger charge is 2.24. The highest BCUT2D eigenvalue weighted by molar-refractivity contribution is 5.88. The van der Waals surface area contributed by atoms with Gasteiger partial charge in [-0.15, -0.1) is 0 Å². The molecule has 0 spiro atoms. The largest absolute Gasteiger partial charge is 0.478 e. The van der Waals surface area contributed by atoms with Crippen molar-refractivity contribution in [3.63, 3.8) is 0 Å². The van der Waals surface area contributed by atoms with E-state index in [0.29, 0.717) is 26.1 Å². The molecule has 2 rings (SSSR count). The first-order valence-electron chi connectivity index (χ1n) is 5.40. The fourth-order valence-electron chi connectivity index (χ4n) is 2.05. The van der Waals surface area contributed by atoms with Crippen LogP contribution in [-0.2, 0) is 4.74 Å². The van der Waals surface area contributed by atoms with Crippen molar-refractivity contribution in [1.29, 1.82) is 0 Å². The van der Waals surface area contributed by atoms with E-state index in [9.17, 15) is 13.6 Å². The van der Waals surface area contributed by atoms with Crippen LogP contribution in [0, 0.1) is 11.6 Å². The highest BCUT2D eigenvalue weighted by atomic mass is 19.2. The van der Waals surface area contributed by atoms with Gasteiger partial charge >= 0.3 is 5.97 Å². The maximum Gasteiger partial charge on any atom is 0.338 e. The molecule has 0 radical (unpaired) electrons. The molecule has 92 valence electrons. The Kier molecular flexibility index (Phi) is 3.38. The quantitative estimate of drug-likeness (QED) is 0.866. The zero-order valence-electron chi connectivity index (χ0n) is 9.08. The van der Waals surface area contributed by atoms with Gasteiger partial charge in [0.15, 0.2) is 11.6 Å². The molecule has 5 heteroatoms. The van der Waals surface area contributed by atoms with E-state index in [-0.39, 0.29) is 11.5 Å². The van der Waals surface area contributed by atoms with E-state index in [0.717, 1.165) is 6.07 Å². The molecule has 0 bridgehead atoms. The van der Waals surface area contributed by atoms with Gasteiger partial charge in [0, 0.05) is 13.2 Å². The van der Waals surface area contributed by atoms with Crippen LogP contribution in [0.1, 0.15) is 34.7 Å². The van der Waals surface area contributed by atoms with Crippen LogP contribution in [0.2, 0.25) is 0 Å². The number of ether oxygens (including phenoxy) is 1. The summed E-state index contributed by atoms with van der Waals surface area (Å²) in [6, 6.07) is 2.48. The molecule has 0 atom stereocenters. The molecule has 0 unspecified atom stereocenters. The maximum atomic E-state index is 13.7. The van der Waals surface area contributed by atoms with Gasteiger partial charge in [-0.25, -0.2) is 13.6 Å². The standard InChI is InChI=1S/C12H12F2O3/c13-10-8(7-3-5-17-6-4-7)1-2-9(11(10)14)12(15)16/h1-2,7H,3-6H2,(H,15,16). The Labute approximate surface area is 97.0 Å². The number of carbonyl (C=O) groups is 1. The van der Waals surface area contributed by atoms with Crippen LogP contribution in [0.5, 0.6) is 0 Å². The lowest BCUT2D eigenvalue weighted by atomic mass is 9.90. The lowest BCUT2D eigenvalue weighted by Gasteiger charge is -2.23. The molecule has 1 aliphatic rings. The third-order valence-electron chi connectivity index (χ3n) is 3.00. The van der Waals surface area contributed by atoms with Crippen LogP contribution in [0.3, 0.4) is 0 Å². The van der Waals surface area contributed by atoms with E-state index in [1.165, 1.54) is 6.07 Å². The van der Waals surface area contributed by atoms with Gasteiger partial charge in [-0.1, -0.05) is 6.07 Å². The van der Waals surface area contributed by atoms with Crippen molar-refractivity contribution in [2.24, 2.45) is 0 Å². The Balaban J connectivity index is 2.36. The normalized spacial score (nSPS) is 17.1. The van der Waals surface area contributed by atoms with Crippen LogP contribution in [0.4, 0.5) is 8.78 Å². The molecule has 0 aromatic heterocycles. The van der Waals surface area contributed by atoms with Crippen molar-refractivity contribution in [2.45, 2.75) is 18.8 Å². The first-order chi connectivity index (χ1) is 8.11. The van der Waals surface area contributed by atoms with E-state index < -0.39 is 23.2 Å².